The summed E-state index contributed by atoms with van der Waals surface area (Å²) in [6.07, 6.45) is 2.16. The normalized spacial score (nSPS) is 12.5. The van der Waals surface area contributed by atoms with Gasteiger partial charge in [0.25, 0.3) is 0 Å². The maximum Gasteiger partial charge on any atom is 0.0235 e. The first-order valence-electron chi connectivity index (χ1n) is 7.70. The zero-order valence-corrected chi connectivity index (χ0v) is 13.1. The fourth-order valence-corrected chi connectivity index (χ4v) is 2.61. The second-order valence-corrected chi connectivity index (χ2v) is 5.84. The predicted octanol–water partition coefficient (Wildman–Crippen LogP) is 2.99. The van der Waals surface area contributed by atoms with Gasteiger partial charge in [0.1, 0.15) is 0 Å². The molecule has 0 saturated carbocycles. The molecular formula is C19H26N2. The second kappa shape index (κ2) is 8.60. The van der Waals surface area contributed by atoms with Gasteiger partial charge in [-0.05, 0) is 44.6 Å². The van der Waals surface area contributed by atoms with Crippen LogP contribution in [-0.4, -0.2) is 38.1 Å². The molecule has 2 heteroatoms. The minimum absolute atomic E-state index is 0.492. The third-order valence-corrected chi connectivity index (χ3v) is 3.60. The van der Waals surface area contributed by atoms with Crippen LogP contribution in [0.5, 0.6) is 0 Å². The maximum atomic E-state index is 3.71. The van der Waals surface area contributed by atoms with Gasteiger partial charge in [-0.25, -0.2) is 0 Å². The Morgan fingerprint density at radius 2 is 1.43 bits per heavy atom. The van der Waals surface area contributed by atoms with Gasteiger partial charge in [0.2, 0.25) is 0 Å². The SMILES string of the molecule is CN(C)C[C@H](Cc1ccccc1)NCCc1ccccc1. The van der Waals surface area contributed by atoms with Gasteiger partial charge in [0.05, 0.1) is 0 Å². The molecule has 0 unspecified atom stereocenters. The van der Waals surface area contributed by atoms with E-state index in [0.717, 1.165) is 25.9 Å². The van der Waals surface area contributed by atoms with Gasteiger partial charge < -0.3 is 10.2 Å². The lowest BCUT2D eigenvalue weighted by molar-refractivity contribution is 0.336. The monoisotopic (exact) mass is 282 g/mol. The van der Waals surface area contributed by atoms with Gasteiger partial charge in [-0.1, -0.05) is 60.7 Å². The van der Waals surface area contributed by atoms with E-state index in [1.807, 2.05) is 0 Å². The van der Waals surface area contributed by atoms with Gasteiger partial charge in [-0.2, -0.15) is 0 Å². The number of rotatable bonds is 8. The molecule has 0 heterocycles. The standard InChI is InChI=1S/C19H26N2/c1-21(2)16-19(15-18-11-7-4-8-12-18)20-14-13-17-9-5-3-6-10-17/h3-12,19-20H,13-16H2,1-2H3/t19-/m0/s1. The highest BCUT2D eigenvalue weighted by Crippen LogP contribution is 2.05. The number of nitrogens with zero attached hydrogens (tertiary/aromatic N) is 1. The van der Waals surface area contributed by atoms with Crippen LogP contribution in [0.25, 0.3) is 0 Å². The lowest BCUT2D eigenvalue weighted by Gasteiger charge is -2.22. The van der Waals surface area contributed by atoms with Gasteiger partial charge in [0.15, 0.2) is 0 Å². The number of benzene rings is 2. The van der Waals surface area contributed by atoms with E-state index >= 15 is 0 Å². The molecule has 0 bridgehead atoms. The van der Waals surface area contributed by atoms with E-state index in [1.54, 1.807) is 0 Å². The lowest BCUT2D eigenvalue weighted by Crippen LogP contribution is -2.40. The van der Waals surface area contributed by atoms with Crippen molar-refractivity contribution in [2.24, 2.45) is 0 Å². The predicted molar refractivity (Wildman–Crippen MR) is 90.6 cm³/mol. The van der Waals surface area contributed by atoms with Crippen molar-refractivity contribution in [2.45, 2.75) is 18.9 Å². The highest BCUT2D eigenvalue weighted by atomic mass is 15.1. The molecule has 1 N–H and O–H groups in total. The van der Waals surface area contributed by atoms with Crippen LogP contribution in [0.4, 0.5) is 0 Å². The zero-order chi connectivity index (χ0) is 14.9. The minimum atomic E-state index is 0.492. The molecular weight excluding hydrogens is 256 g/mol. The van der Waals surface area contributed by atoms with Crippen molar-refractivity contribution in [3.8, 4) is 0 Å². The van der Waals surface area contributed by atoms with E-state index in [0.29, 0.717) is 6.04 Å². The van der Waals surface area contributed by atoms with Crippen LogP contribution in [0, 0.1) is 0 Å². The van der Waals surface area contributed by atoms with Gasteiger partial charge in [-0.3, -0.25) is 0 Å². The van der Waals surface area contributed by atoms with Crippen LogP contribution in [0.2, 0.25) is 0 Å². The molecule has 0 radical (unpaired) electrons. The first-order valence-corrected chi connectivity index (χ1v) is 7.70. The van der Waals surface area contributed by atoms with Crippen molar-refractivity contribution < 1.29 is 0 Å². The van der Waals surface area contributed by atoms with E-state index in [4.69, 9.17) is 0 Å². The van der Waals surface area contributed by atoms with Crippen molar-refractivity contribution in [3.05, 3.63) is 71.8 Å². The molecule has 0 aliphatic rings. The van der Waals surface area contributed by atoms with Crippen molar-refractivity contribution in [3.63, 3.8) is 0 Å². The molecule has 21 heavy (non-hydrogen) atoms. The third-order valence-electron chi connectivity index (χ3n) is 3.60. The Balaban J connectivity index is 1.84. The Kier molecular flexibility index (Phi) is 6.45. The molecule has 2 aromatic carbocycles. The van der Waals surface area contributed by atoms with E-state index in [2.05, 4.69) is 85.0 Å². The van der Waals surface area contributed by atoms with Gasteiger partial charge >= 0.3 is 0 Å². The molecule has 2 aromatic rings. The Labute approximate surface area is 128 Å². The number of likely N-dealkylation sites (N-methyl/N-ethyl adjacent to an activating group) is 1. The maximum absolute atomic E-state index is 3.71. The summed E-state index contributed by atoms with van der Waals surface area (Å²) >= 11 is 0. The zero-order valence-electron chi connectivity index (χ0n) is 13.1. The van der Waals surface area contributed by atoms with Crippen LogP contribution in [0.1, 0.15) is 11.1 Å². The highest BCUT2D eigenvalue weighted by molar-refractivity contribution is 5.17. The van der Waals surface area contributed by atoms with E-state index in [1.165, 1.54) is 11.1 Å². The third kappa shape index (κ3) is 6.11. The summed E-state index contributed by atoms with van der Waals surface area (Å²) < 4.78 is 0. The Bertz CT molecular complexity index is 493. The summed E-state index contributed by atoms with van der Waals surface area (Å²) in [6.45, 7) is 2.08. The van der Waals surface area contributed by atoms with Crippen LogP contribution >= 0.6 is 0 Å². The molecule has 2 nitrogen and oxygen atoms in total. The van der Waals surface area contributed by atoms with E-state index in [9.17, 15) is 0 Å². The van der Waals surface area contributed by atoms with Crippen molar-refractivity contribution in [1.29, 1.82) is 0 Å². The van der Waals surface area contributed by atoms with Crippen molar-refractivity contribution in [1.82, 2.24) is 10.2 Å². The summed E-state index contributed by atoms with van der Waals surface area (Å²) in [5.41, 5.74) is 2.80. The lowest BCUT2D eigenvalue weighted by atomic mass is 10.1. The molecule has 0 spiro atoms. The first-order chi connectivity index (χ1) is 10.2. The minimum Gasteiger partial charge on any atom is -0.312 e. The Morgan fingerprint density at radius 1 is 0.857 bits per heavy atom. The summed E-state index contributed by atoms with van der Waals surface area (Å²) in [6, 6.07) is 21.9. The molecule has 0 aliphatic heterocycles. The second-order valence-electron chi connectivity index (χ2n) is 5.84. The van der Waals surface area contributed by atoms with Crippen LogP contribution < -0.4 is 5.32 Å². The summed E-state index contributed by atoms with van der Waals surface area (Å²) in [4.78, 5) is 2.25. The first kappa shape index (κ1) is 15.7. The molecule has 1 atom stereocenters. The van der Waals surface area contributed by atoms with Crippen LogP contribution in [0.3, 0.4) is 0 Å². The molecule has 0 fully saturated rings. The number of hydrogen-bond donors (Lipinski definition) is 1. The largest absolute Gasteiger partial charge is 0.312 e. The molecule has 0 amide bonds. The fourth-order valence-electron chi connectivity index (χ4n) is 2.61. The van der Waals surface area contributed by atoms with Crippen molar-refractivity contribution >= 4 is 0 Å². The molecule has 0 aromatic heterocycles. The number of nitrogens with one attached hydrogen (secondary N) is 1. The highest BCUT2D eigenvalue weighted by Gasteiger charge is 2.10. The van der Waals surface area contributed by atoms with Crippen LogP contribution in [-0.2, 0) is 12.8 Å². The summed E-state index contributed by atoms with van der Waals surface area (Å²) in [5, 5.41) is 3.71. The van der Waals surface area contributed by atoms with E-state index < -0.39 is 0 Å². The van der Waals surface area contributed by atoms with Crippen LogP contribution in [0.15, 0.2) is 60.7 Å². The quantitative estimate of drug-likeness (QED) is 0.801. The molecule has 0 aliphatic carbocycles. The Morgan fingerprint density at radius 3 is 2.00 bits per heavy atom. The average molecular weight is 282 g/mol. The number of hydrogen-bond acceptors (Lipinski definition) is 2. The average Bonchev–Trinajstić information content (AvgIpc) is 2.49. The molecule has 112 valence electrons. The molecule has 0 saturated heterocycles. The molecule has 2 rings (SSSR count). The van der Waals surface area contributed by atoms with Gasteiger partial charge in [-0.15, -0.1) is 0 Å². The Hall–Kier alpha value is -1.64. The topological polar surface area (TPSA) is 15.3 Å². The summed E-state index contributed by atoms with van der Waals surface area (Å²) in [7, 11) is 4.27. The fraction of sp³-hybridized carbons (Fsp3) is 0.368. The van der Waals surface area contributed by atoms with Gasteiger partial charge in [0, 0.05) is 12.6 Å². The summed E-state index contributed by atoms with van der Waals surface area (Å²) in [5.74, 6) is 0. The van der Waals surface area contributed by atoms with Crippen molar-refractivity contribution in [2.75, 3.05) is 27.2 Å². The smallest absolute Gasteiger partial charge is 0.0235 e. The van der Waals surface area contributed by atoms with E-state index in [-0.39, 0.29) is 0 Å².